The second kappa shape index (κ2) is 5.20. The summed E-state index contributed by atoms with van der Waals surface area (Å²) in [7, 11) is 0. The largest absolute Gasteiger partial charge is 2.00 e. The van der Waals surface area contributed by atoms with E-state index in [-0.39, 0.29) is 35.5 Å². The van der Waals surface area contributed by atoms with Crippen LogP contribution in [0.2, 0.25) is 0 Å². The van der Waals surface area contributed by atoms with E-state index >= 15 is 0 Å². The fourth-order valence-electron chi connectivity index (χ4n) is 0.500. The van der Waals surface area contributed by atoms with Gasteiger partial charge in [-0.15, -0.1) is 6.42 Å². The van der Waals surface area contributed by atoms with Crippen LogP contribution >= 0.6 is 0 Å². The zero-order valence-electron chi connectivity index (χ0n) is 4.65. The van der Waals surface area contributed by atoms with Crippen molar-refractivity contribution in [1.82, 2.24) is 0 Å². The molecule has 0 aromatic carbocycles. The van der Waals surface area contributed by atoms with Crippen molar-refractivity contribution in [3.63, 3.8) is 0 Å². The maximum absolute atomic E-state index is 2.35. The first-order valence-electron chi connectivity index (χ1n) is 2.23. The summed E-state index contributed by atoms with van der Waals surface area (Å²) in [6.07, 6.45) is 5.14. The van der Waals surface area contributed by atoms with Gasteiger partial charge in [-0.05, 0) is 0 Å². The van der Waals surface area contributed by atoms with Crippen LogP contribution in [0.5, 0.6) is 0 Å². The van der Waals surface area contributed by atoms with Gasteiger partial charge in [0.05, 0.1) is 0 Å². The first-order valence-corrected chi connectivity index (χ1v) is 2.23. The van der Waals surface area contributed by atoms with E-state index < -0.39 is 0 Å². The van der Waals surface area contributed by atoms with Crippen molar-refractivity contribution < 1.29 is 12.4 Å². The third-order valence-corrected chi connectivity index (χ3v) is 1.19. The Hall–Kier alpha value is 1.06. The van der Waals surface area contributed by atoms with Gasteiger partial charge in [-0.3, -0.25) is 0 Å². The molecule has 38 valence electrons. The minimum Gasteiger partial charge on any atom is -1.00 e. The van der Waals surface area contributed by atoms with E-state index in [1.807, 2.05) is 0 Å². The molecule has 0 aromatic heterocycles. The molecule has 0 aliphatic heterocycles. The van der Waals surface area contributed by atoms with Crippen LogP contribution in [-0.4, -0.2) is 23.1 Å². The molecule has 0 heterocycles. The van der Waals surface area contributed by atoms with Crippen molar-refractivity contribution in [2.24, 2.45) is 5.92 Å². The van der Waals surface area contributed by atoms with Gasteiger partial charge in [-0.25, -0.2) is 0 Å². The standard InChI is InChI=1S/C5H9.ClH.Mg/c1-5-3-2-4-5;;/h3,5H,2,4H2,1H3;1H;/q-1;;+2/p-1/t5-;;/m1../s1. The van der Waals surface area contributed by atoms with Gasteiger partial charge < -0.3 is 18.8 Å². The predicted molar refractivity (Wildman–Crippen MR) is 28.5 cm³/mol. The van der Waals surface area contributed by atoms with Gasteiger partial charge in [-0.1, -0.05) is 6.92 Å². The molecule has 0 aromatic rings. The average molecular weight is 129 g/mol. The summed E-state index contributed by atoms with van der Waals surface area (Å²) in [5, 5.41) is 0. The molecule has 0 saturated heterocycles. The van der Waals surface area contributed by atoms with E-state index in [4.69, 9.17) is 0 Å². The zero-order chi connectivity index (χ0) is 3.70. The van der Waals surface area contributed by atoms with Gasteiger partial charge in [0.15, 0.2) is 0 Å². The maximum Gasteiger partial charge on any atom is 2.00 e. The molecule has 0 spiro atoms. The van der Waals surface area contributed by atoms with Gasteiger partial charge in [0.1, 0.15) is 0 Å². The van der Waals surface area contributed by atoms with Crippen LogP contribution in [0.4, 0.5) is 0 Å². The summed E-state index contributed by atoms with van der Waals surface area (Å²) in [5.74, 6) is 0.940. The summed E-state index contributed by atoms with van der Waals surface area (Å²) in [6, 6.07) is 0. The molecule has 0 N–H and O–H groups in total. The number of hydrogen-bond acceptors (Lipinski definition) is 0. The van der Waals surface area contributed by atoms with E-state index in [0.29, 0.717) is 0 Å². The first-order chi connectivity index (χ1) is 2.39. The molecule has 1 rings (SSSR count). The van der Waals surface area contributed by atoms with E-state index in [2.05, 4.69) is 13.3 Å². The Morgan fingerprint density at radius 2 is 1.86 bits per heavy atom. The Bertz CT molecular complexity index is 35.1. The quantitative estimate of drug-likeness (QED) is 0.268. The summed E-state index contributed by atoms with van der Waals surface area (Å²) < 4.78 is 0. The monoisotopic (exact) mass is 128 g/mol. The molecule has 1 aliphatic rings. The minimum absolute atomic E-state index is 0. The first kappa shape index (κ1) is 10.9. The maximum atomic E-state index is 2.35. The molecule has 0 unspecified atom stereocenters. The Balaban J connectivity index is 0. The van der Waals surface area contributed by atoms with Gasteiger partial charge in [0.25, 0.3) is 0 Å². The Labute approximate surface area is 67.6 Å². The van der Waals surface area contributed by atoms with Crippen molar-refractivity contribution in [2.75, 3.05) is 0 Å². The van der Waals surface area contributed by atoms with Crippen molar-refractivity contribution in [3.05, 3.63) is 6.42 Å². The van der Waals surface area contributed by atoms with Crippen LogP contribution in [0.1, 0.15) is 19.8 Å². The molecule has 0 bridgehead atoms. The molecular weight excluding hydrogens is 120 g/mol. The van der Waals surface area contributed by atoms with Crippen molar-refractivity contribution >= 4 is 23.1 Å². The fraction of sp³-hybridized carbons (Fsp3) is 0.800. The molecule has 0 nitrogen and oxygen atoms in total. The van der Waals surface area contributed by atoms with Gasteiger partial charge >= 0.3 is 23.1 Å². The summed E-state index contributed by atoms with van der Waals surface area (Å²) in [4.78, 5) is 0. The van der Waals surface area contributed by atoms with Crippen LogP contribution in [0, 0.1) is 12.3 Å². The molecule has 1 saturated carbocycles. The second-order valence-electron chi connectivity index (χ2n) is 1.79. The van der Waals surface area contributed by atoms with Gasteiger partial charge in [-0.2, -0.15) is 12.3 Å². The Kier molecular flexibility index (Phi) is 8.12. The molecule has 1 atom stereocenters. The zero-order valence-corrected chi connectivity index (χ0v) is 6.82. The number of halogens is 1. The van der Waals surface area contributed by atoms with Crippen LogP contribution in [-0.2, 0) is 0 Å². The van der Waals surface area contributed by atoms with Gasteiger partial charge in [0.2, 0.25) is 0 Å². The van der Waals surface area contributed by atoms with E-state index in [0.717, 1.165) is 5.92 Å². The van der Waals surface area contributed by atoms with Crippen LogP contribution < -0.4 is 12.4 Å². The van der Waals surface area contributed by atoms with Crippen LogP contribution in [0.25, 0.3) is 0 Å². The fourth-order valence-corrected chi connectivity index (χ4v) is 0.500. The normalized spacial score (nSPS) is 26.1. The SMILES string of the molecule is C[C@@H]1[CH-]CC1.[Cl-].[Mg+2]. The topological polar surface area (TPSA) is 0 Å². The van der Waals surface area contributed by atoms with Gasteiger partial charge in [0, 0.05) is 0 Å². The average Bonchev–Trinajstić information content (AvgIpc) is 1.30. The molecule has 0 amide bonds. The second-order valence-corrected chi connectivity index (χ2v) is 1.79. The minimum atomic E-state index is 0. The predicted octanol–water partition coefficient (Wildman–Crippen LogP) is -1.76. The number of hydrogen-bond donors (Lipinski definition) is 0. The van der Waals surface area contributed by atoms with E-state index in [1.54, 1.807) is 0 Å². The van der Waals surface area contributed by atoms with Crippen LogP contribution in [0.15, 0.2) is 0 Å². The summed E-state index contributed by atoms with van der Waals surface area (Å²) >= 11 is 0. The molecule has 2 heteroatoms. The Morgan fingerprint density at radius 3 is 1.86 bits per heavy atom. The van der Waals surface area contributed by atoms with Crippen molar-refractivity contribution in [3.8, 4) is 0 Å². The number of rotatable bonds is 0. The van der Waals surface area contributed by atoms with Crippen LogP contribution in [0.3, 0.4) is 0 Å². The van der Waals surface area contributed by atoms with Crippen molar-refractivity contribution in [2.45, 2.75) is 19.8 Å². The summed E-state index contributed by atoms with van der Waals surface area (Å²) in [6.45, 7) is 2.25. The summed E-state index contributed by atoms with van der Waals surface area (Å²) in [5.41, 5.74) is 0. The molecular formula is C5H9ClMg. The molecule has 7 heavy (non-hydrogen) atoms. The van der Waals surface area contributed by atoms with E-state index in [9.17, 15) is 0 Å². The smallest absolute Gasteiger partial charge is 1.00 e. The molecule has 0 radical (unpaired) electrons. The molecule has 1 fully saturated rings. The Morgan fingerprint density at radius 1 is 1.57 bits per heavy atom. The van der Waals surface area contributed by atoms with E-state index in [1.165, 1.54) is 12.8 Å². The third-order valence-electron chi connectivity index (χ3n) is 1.19. The van der Waals surface area contributed by atoms with Crippen molar-refractivity contribution in [1.29, 1.82) is 0 Å². The molecule has 1 aliphatic carbocycles. The third kappa shape index (κ3) is 3.62.